The molecule has 0 saturated carbocycles. The molecule has 3 aromatic rings. The maximum Gasteiger partial charge on any atom is 0.343 e. The van der Waals surface area contributed by atoms with Crippen molar-refractivity contribution in [1.82, 2.24) is 10.2 Å². The summed E-state index contributed by atoms with van der Waals surface area (Å²) in [5.74, 6) is -0.946. The van der Waals surface area contributed by atoms with Crippen LogP contribution in [0, 0.1) is 0 Å². The number of benzene rings is 3. The van der Waals surface area contributed by atoms with Gasteiger partial charge in [-0.25, -0.2) is 4.79 Å². The number of nitrogens with one attached hydrogen (secondary N) is 1. The summed E-state index contributed by atoms with van der Waals surface area (Å²) in [7, 11) is 1.62. The Kier molecular flexibility index (Phi) is 7.92. The van der Waals surface area contributed by atoms with E-state index in [1.807, 2.05) is 12.1 Å². The molecule has 3 aromatic carbocycles. The third-order valence-electron chi connectivity index (χ3n) is 4.67. The highest BCUT2D eigenvalue weighted by atomic mass is 16.5. The molecule has 0 unspecified atom stereocenters. The standard InChI is InChI=1S/C26H24N2O4/c1-28(18-17-27-25(30)21-13-7-3-8-14-21)24(29)19-23(20-11-5-2-6-12-20)32-26(31)22-15-9-4-10-16-22/h2-16,19H,17-18H2,1H3,(H,27,30)/b23-19+. The van der Waals surface area contributed by atoms with Crippen LogP contribution < -0.4 is 5.32 Å². The Bertz CT molecular complexity index is 1080. The predicted octanol–water partition coefficient (Wildman–Crippen LogP) is 3.77. The first-order chi connectivity index (χ1) is 15.5. The average Bonchev–Trinajstić information content (AvgIpc) is 2.85. The number of ether oxygens (including phenoxy) is 1. The summed E-state index contributed by atoms with van der Waals surface area (Å²) in [6, 6.07) is 26.4. The van der Waals surface area contributed by atoms with E-state index in [0.29, 0.717) is 23.2 Å². The Morgan fingerprint density at radius 1 is 0.781 bits per heavy atom. The molecule has 162 valence electrons. The predicted molar refractivity (Wildman–Crippen MR) is 123 cm³/mol. The molecule has 0 spiro atoms. The molecule has 0 aliphatic carbocycles. The SMILES string of the molecule is CN(CCNC(=O)c1ccccc1)C(=O)/C=C(/OC(=O)c1ccccc1)c1ccccc1. The fourth-order valence-electron chi connectivity index (χ4n) is 2.87. The minimum absolute atomic E-state index is 0.157. The highest BCUT2D eigenvalue weighted by Gasteiger charge is 2.15. The zero-order chi connectivity index (χ0) is 22.8. The van der Waals surface area contributed by atoms with Gasteiger partial charge in [0.2, 0.25) is 5.91 Å². The second kappa shape index (κ2) is 11.3. The molecule has 2 amide bonds. The minimum Gasteiger partial charge on any atom is -0.422 e. The van der Waals surface area contributed by atoms with Gasteiger partial charge in [0.05, 0.1) is 5.56 Å². The molecule has 1 N–H and O–H groups in total. The van der Waals surface area contributed by atoms with E-state index >= 15 is 0 Å². The van der Waals surface area contributed by atoms with Gasteiger partial charge in [-0.3, -0.25) is 9.59 Å². The van der Waals surface area contributed by atoms with Gasteiger partial charge in [0.15, 0.2) is 0 Å². The van der Waals surface area contributed by atoms with Crippen molar-refractivity contribution in [3.63, 3.8) is 0 Å². The lowest BCUT2D eigenvalue weighted by atomic mass is 10.1. The van der Waals surface area contributed by atoms with Crippen LogP contribution in [0.25, 0.3) is 5.76 Å². The second-order valence-corrected chi connectivity index (χ2v) is 7.01. The van der Waals surface area contributed by atoms with Gasteiger partial charge in [-0.1, -0.05) is 66.7 Å². The molecule has 0 aliphatic heterocycles. The van der Waals surface area contributed by atoms with Crippen molar-refractivity contribution in [2.45, 2.75) is 0 Å². The van der Waals surface area contributed by atoms with Gasteiger partial charge in [0.25, 0.3) is 5.91 Å². The van der Waals surface area contributed by atoms with Crippen molar-refractivity contribution in [3.8, 4) is 0 Å². The molecule has 0 heterocycles. The van der Waals surface area contributed by atoms with Gasteiger partial charge in [-0.05, 0) is 24.3 Å². The summed E-state index contributed by atoms with van der Waals surface area (Å²) in [5, 5.41) is 2.78. The third-order valence-corrected chi connectivity index (χ3v) is 4.67. The second-order valence-electron chi connectivity index (χ2n) is 7.01. The van der Waals surface area contributed by atoms with Crippen LogP contribution in [-0.4, -0.2) is 42.8 Å². The summed E-state index contributed by atoms with van der Waals surface area (Å²) < 4.78 is 5.55. The zero-order valence-corrected chi connectivity index (χ0v) is 17.7. The van der Waals surface area contributed by atoms with E-state index in [1.54, 1.807) is 85.9 Å². The number of likely N-dealkylation sites (N-methyl/N-ethyl adjacent to an activating group) is 1. The van der Waals surface area contributed by atoms with Crippen LogP contribution in [-0.2, 0) is 9.53 Å². The summed E-state index contributed by atoms with van der Waals surface area (Å²) >= 11 is 0. The van der Waals surface area contributed by atoms with Crippen molar-refractivity contribution < 1.29 is 19.1 Å². The van der Waals surface area contributed by atoms with E-state index in [-0.39, 0.29) is 24.1 Å². The molecule has 0 aliphatic rings. The Balaban J connectivity index is 1.65. The number of amides is 2. The smallest absolute Gasteiger partial charge is 0.343 e. The normalized spacial score (nSPS) is 10.8. The molecule has 3 rings (SSSR count). The minimum atomic E-state index is -0.550. The van der Waals surface area contributed by atoms with Crippen molar-refractivity contribution in [2.24, 2.45) is 0 Å². The lowest BCUT2D eigenvalue weighted by Gasteiger charge is -2.17. The monoisotopic (exact) mass is 428 g/mol. The highest BCUT2D eigenvalue weighted by molar-refractivity contribution is 5.98. The number of carbonyl (C=O) groups is 3. The molecular formula is C26H24N2O4. The number of rotatable bonds is 8. The summed E-state index contributed by atoms with van der Waals surface area (Å²) in [5.41, 5.74) is 1.55. The molecule has 32 heavy (non-hydrogen) atoms. The first kappa shape index (κ1) is 22.5. The molecule has 0 atom stereocenters. The number of esters is 1. The molecule has 6 nitrogen and oxygen atoms in total. The van der Waals surface area contributed by atoms with Crippen LogP contribution in [0.5, 0.6) is 0 Å². The molecule has 0 radical (unpaired) electrons. The van der Waals surface area contributed by atoms with Gasteiger partial charge in [0, 0.05) is 37.3 Å². The fourth-order valence-corrected chi connectivity index (χ4v) is 2.87. The van der Waals surface area contributed by atoms with Crippen LogP contribution >= 0.6 is 0 Å². The highest BCUT2D eigenvalue weighted by Crippen LogP contribution is 2.18. The Labute approximate surface area is 187 Å². The largest absolute Gasteiger partial charge is 0.422 e. The fraction of sp³-hybridized carbons (Fsp3) is 0.115. The quantitative estimate of drug-likeness (QED) is 0.337. The van der Waals surface area contributed by atoms with Crippen molar-refractivity contribution in [3.05, 3.63) is 114 Å². The number of carbonyl (C=O) groups excluding carboxylic acids is 3. The van der Waals surface area contributed by atoms with Crippen LogP contribution in [0.4, 0.5) is 0 Å². The molecule has 0 bridgehead atoms. The van der Waals surface area contributed by atoms with Crippen LogP contribution in [0.1, 0.15) is 26.3 Å². The van der Waals surface area contributed by atoms with Crippen LogP contribution in [0.15, 0.2) is 97.1 Å². The van der Waals surface area contributed by atoms with E-state index in [0.717, 1.165) is 0 Å². The molecule has 0 fully saturated rings. The molecule has 6 heteroatoms. The van der Waals surface area contributed by atoms with E-state index in [4.69, 9.17) is 4.74 Å². The van der Waals surface area contributed by atoms with Gasteiger partial charge < -0.3 is 15.0 Å². The summed E-state index contributed by atoms with van der Waals surface area (Å²) in [6.45, 7) is 0.580. The van der Waals surface area contributed by atoms with E-state index in [1.165, 1.54) is 11.0 Å². The lowest BCUT2D eigenvalue weighted by Crippen LogP contribution is -2.35. The van der Waals surface area contributed by atoms with Gasteiger partial charge in [0.1, 0.15) is 5.76 Å². The van der Waals surface area contributed by atoms with Crippen molar-refractivity contribution >= 4 is 23.5 Å². The van der Waals surface area contributed by atoms with Crippen LogP contribution in [0.2, 0.25) is 0 Å². The van der Waals surface area contributed by atoms with Gasteiger partial charge in [-0.2, -0.15) is 0 Å². The van der Waals surface area contributed by atoms with Gasteiger partial charge in [-0.15, -0.1) is 0 Å². The van der Waals surface area contributed by atoms with E-state index in [9.17, 15) is 14.4 Å². The maximum atomic E-state index is 12.7. The number of nitrogens with zero attached hydrogens (tertiary/aromatic N) is 1. The lowest BCUT2D eigenvalue weighted by molar-refractivity contribution is -0.124. The zero-order valence-electron chi connectivity index (χ0n) is 17.7. The van der Waals surface area contributed by atoms with Crippen molar-refractivity contribution in [1.29, 1.82) is 0 Å². The summed E-state index contributed by atoms with van der Waals surface area (Å²) in [4.78, 5) is 38.8. The van der Waals surface area contributed by atoms with Gasteiger partial charge >= 0.3 is 5.97 Å². The topological polar surface area (TPSA) is 75.7 Å². The third kappa shape index (κ3) is 6.40. The van der Waals surface area contributed by atoms with Crippen molar-refractivity contribution in [2.75, 3.05) is 20.1 Å². The molecular weight excluding hydrogens is 404 g/mol. The Morgan fingerprint density at radius 2 is 1.28 bits per heavy atom. The average molecular weight is 428 g/mol. The Hall–Kier alpha value is -4.19. The molecule has 0 aromatic heterocycles. The van der Waals surface area contributed by atoms with Crippen LogP contribution in [0.3, 0.4) is 0 Å². The first-order valence-electron chi connectivity index (χ1n) is 10.2. The maximum absolute atomic E-state index is 12.7. The Morgan fingerprint density at radius 3 is 1.84 bits per heavy atom. The van der Waals surface area contributed by atoms with E-state index < -0.39 is 5.97 Å². The first-order valence-corrected chi connectivity index (χ1v) is 10.2. The van der Waals surface area contributed by atoms with E-state index in [2.05, 4.69) is 5.32 Å². The summed E-state index contributed by atoms with van der Waals surface area (Å²) in [6.07, 6.45) is 1.29. The number of hydrogen-bond acceptors (Lipinski definition) is 4. The molecule has 0 saturated heterocycles. The number of hydrogen-bond donors (Lipinski definition) is 1.